The van der Waals surface area contributed by atoms with Crippen molar-refractivity contribution in [3.05, 3.63) is 29.3 Å². The van der Waals surface area contributed by atoms with Crippen LogP contribution in [0.25, 0.3) is 0 Å². The summed E-state index contributed by atoms with van der Waals surface area (Å²) in [6.07, 6.45) is -0.127. The van der Waals surface area contributed by atoms with Crippen LogP contribution in [0.5, 0.6) is 0 Å². The lowest BCUT2D eigenvalue weighted by molar-refractivity contribution is 0.0768. The minimum Gasteiger partial charge on any atom is -0.393 e. The SMILES string of the molecule is CCNc1c(F)cc(C(=O)N(C)CCC(C)O)cc1F. The van der Waals surface area contributed by atoms with E-state index in [-0.39, 0.29) is 11.3 Å². The first-order valence-corrected chi connectivity index (χ1v) is 6.53. The molecule has 0 bridgehead atoms. The van der Waals surface area contributed by atoms with Gasteiger partial charge in [0.1, 0.15) is 17.3 Å². The number of anilines is 1. The molecule has 0 fully saturated rings. The van der Waals surface area contributed by atoms with Crippen molar-refractivity contribution >= 4 is 11.6 Å². The number of nitrogens with zero attached hydrogens (tertiary/aromatic N) is 1. The number of benzene rings is 1. The van der Waals surface area contributed by atoms with Gasteiger partial charge in [-0.25, -0.2) is 8.78 Å². The molecule has 1 amide bonds. The third kappa shape index (κ3) is 4.16. The van der Waals surface area contributed by atoms with E-state index in [9.17, 15) is 18.7 Å². The van der Waals surface area contributed by atoms with Crippen LogP contribution >= 0.6 is 0 Å². The van der Waals surface area contributed by atoms with Gasteiger partial charge in [0, 0.05) is 25.7 Å². The van der Waals surface area contributed by atoms with Gasteiger partial charge in [0.2, 0.25) is 0 Å². The molecule has 1 rings (SSSR count). The molecule has 1 aromatic rings. The van der Waals surface area contributed by atoms with Crippen molar-refractivity contribution in [2.24, 2.45) is 0 Å². The van der Waals surface area contributed by atoms with Crippen molar-refractivity contribution in [2.45, 2.75) is 26.4 Å². The van der Waals surface area contributed by atoms with Crippen LogP contribution in [0.3, 0.4) is 0 Å². The van der Waals surface area contributed by atoms with Crippen LogP contribution in [0.15, 0.2) is 12.1 Å². The number of hydrogen-bond donors (Lipinski definition) is 2. The van der Waals surface area contributed by atoms with Crippen molar-refractivity contribution in [3.8, 4) is 0 Å². The van der Waals surface area contributed by atoms with Crippen molar-refractivity contribution in [3.63, 3.8) is 0 Å². The highest BCUT2D eigenvalue weighted by Gasteiger charge is 2.17. The quantitative estimate of drug-likeness (QED) is 0.843. The van der Waals surface area contributed by atoms with Crippen LogP contribution in [0.2, 0.25) is 0 Å². The maximum Gasteiger partial charge on any atom is 0.253 e. The van der Waals surface area contributed by atoms with Gasteiger partial charge in [-0.3, -0.25) is 4.79 Å². The molecule has 20 heavy (non-hydrogen) atoms. The van der Waals surface area contributed by atoms with E-state index < -0.39 is 23.6 Å². The Morgan fingerprint density at radius 1 is 1.40 bits per heavy atom. The Morgan fingerprint density at radius 2 is 1.95 bits per heavy atom. The van der Waals surface area contributed by atoms with Gasteiger partial charge in [0.05, 0.1) is 6.10 Å². The second kappa shape index (κ2) is 7.19. The van der Waals surface area contributed by atoms with Crippen LogP contribution in [0, 0.1) is 11.6 Å². The summed E-state index contributed by atoms with van der Waals surface area (Å²) in [6, 6.07) is 2.03. The molecule has 0 aliphatic heterocycles. The number of amides is 1. The lowest BCUT2D eigenvalue weighted by atomic mass is 10.1. The van der Waals surface area contributed by atoms with E-state index in [4.69, 9.17) is 0 Å². The Hall–Kier alpha value is -1.69. The predicted molar refractivity (Wildman–Crippen MR) is 73.8 cm³/mol. The molecule has 112 valence electrons. The van der Waals surface area contributed by atoms with E-state index >= 15 is 0 Å². The summed E-state index contributed by atoms with van der Waals surface area (Å²) in [7, 11) is 1.53. The Morgan fingerprint density at radius 3 is 2.40 bits per heavy atom. The first-order valence-electron chi connectivity index (χ1n) is 6.53. The van der Waals surface area contributed by atoms with Gasteiger partial charge in [0.25, 0.3) is 5.91 Å². The molecule has 2 N–H and O–H groups in total. The number of carbonyl (C=O) groups is 1. The highest BCUT2D eigenvalue weighted by molar-refractivity contribution is 5.94. The molecule has 0 spiro atoms. The second-order valence-corrected chi connectivity index (χ2v) is 4.71. The Balaban J connectivity index is 2.88. The zero-order chi connectivity index (χ0) is 15.3. The Kier molecular flexibility index (Phi) is 5.88. The van der Waals surface area contributed by atoms with E-state index in [0.717, 1.165) is 12.1 Å². The van der Waals surface area contributed by atoms with Gasteiger partial charge in [-0.1, -0.05) is 0 Å². The summed E-state index contributed by atoms with van der Waals surface area (Å²) < 4.78 is 27.4. The molecule has 1 unspecified atom stereocenters. The van der Waals surface area contributed by atoms with Crippen LogP contribution < -0.4 is 5.32 Å². The number of carbonyl (C=O) groups excluding carboxylic acids is 1. The average molecular weight is 286 g/mol. The van der Waals surface area contributed by atoms with Gasteiger partial charge in [-0.2, -0.15) is 0 Å². The van der Waals surface area contributed by atoms with Crippen molar-refractivity contribution in [2.75, 3.05) is 25.5 Å². The number of aliphatic hydroxyl groups excluding tert-OH is 1. The normalized spacial score (nSPS) is 12.1. The topological polar surface area (TPSA) is 52.6 Å². The first kappa shape index (κ1) is 16.4. The standard InChI is InChI=1S/C14H20F2N2O2/c1-4-17-13-11(15)7-10(8-12(13)16)14(20)18(3)6-5-9(2)19/h7-9,17,19H,4-6H2,1-3H3. The predicted octanol–water partition coefficient (Wildman–Crippen LogP) is 2.24. The summed E-state index contributed by atoms with van der Waals surface area (Å²) >= 11 is 0. The third-order valence-electron chi connectivity index (χ3n) is 2.87. The van der Waals surface area contributed by atoms with Gasteiger partial charge in [0.15, 0.2) is 0 Å². The number of hydrogen-bond acceptors (Lipinski definition) is 3. The molecule has 0 radical (unpaired) electrons. The number of rotatable bonds is 6. The number of halogens is 2. The molecular weight excluding hydrogens is 266 g/mol. The maximum absolute atomic E-state index is 13.7. The first-order chi connectivity index (χ1) is 9.36. The molecule has 1 atom stereocenters. The van der Waals surface area contributed by atoms with Crippen molar-refractivity contribution in [1.82, 2.24) is 4.90 Å². The summed E-state index contributed by atoms with van der Waals surface area (Å²) in [5.74, 6) is -2.07. The van der Waals surface area contributed by atoms with E-state index in [1.165, 1.54) is 11.9 Å². The zero-order valence-corrected chi connectivity index (χ0v) is 11.9. The lowest BCUT2D eigenvalue weighted by Crippen LogP contribution is -2.29. The minimum absolute atomic E-state index is 0.0465. The van der Waals surface area contributed by atoms with E-state index in [1.54, 1.807) is 13.8 Å². The monoisotopic (exact) mass is 286 g/mol. The Labute approximate surface area is 117 Å². The zero-order valence-electron chi connectivity index (χ0n) is 11.9. The maximum atomic E-state index is 13.7. The molecule has 0 saturated carbocycles. The lowest BCUT2D eigenvalue weighted by Gasteiger charge is -2.18. The molecule has 4 nitrogen and oxygen atoms in total. The highest BCUT2D eigenvalue weighted by atomic mass is 19.1. The third-order valence-corrected chi connectivity index (χ3v) is 2.87. The molecule has 6 heteroatoms. The molecule has 0 aliphatic carbocycles. The fourth-order valence-corrected chi connectivity index (χ4v) is 1.74. The molecule has 0 heterocycles. The fraction of sp³-hybridized carbons (Fsp3) is 0.500. The highest BCUT2D eigenvalue weighted by Crippen LogP contribution is 2.21. The van der Waals surface area contributed by atoms with Gasteiger partial charge < -0.3 is 15.3 Å². The Bertz CT molecular complexity index is 455. The van der Waals surface area contributed by atoms with E-state index in [1.807, 2.05) is 0 Å². The summed E-state index contributed by atoms with van der Waals surface area (Å²) in [4.78, 5) is 13.3. The van der Waals surface area contributed by atoms with E-state index in [2.05, 4.69) is 5.32 Å². The minimum atomic E-state index is -0.792. The largest absolute Gasteiger partial charge is 0.393 e. The second-order valence-electron chi connectivity index (χ2n) is 4.71. The summed E-state index contributed by atoms with van der Waals surface area (Å²) in [6.45, 7) is 4.04. The number of aliphatic hydroxyl groups is 1. The van der Waals surface area contributed by atoms with Gasteiger partial charge in [-0.15, -0.1) is 0 Å². The van der Waals surface area contributed by atoms with E-state index in [0.29, 0.717) is 19.5 Å². The van der Waals surface area contributed by atoms with Gasteiger partial charge in [-0.05, 0) is 32.4 Å². The van der Waals surface area contributed by atoms with Gasteiger partial charge >= 0.3 is 0 Å². The summed E-state index contributed by atoms with van der Waals surface area (Å²) in [5, 5.41) is 11.7. The molecular formula is C14H20F2N2O2. The molecule has 0 saturated heterocycles. The van der Waals surface area contributed by atoms with Crippen LogP contribution in [-0.4, -0.2) is 42.2 Å². The fourth-order valence-electron chi connectivity index (χ4n) is 1.74. The number of nitrogens with one attached hydrogen (secondary N) is 1. The van der Waals surface area contributed by atoms with Crippen molar-refractivity contribution in [1.29, 1.82) is 0 Å². The van der Waals surface area contributed by atoms with Crippen LogP contribution in [0.1, 0.15) is 30.6 Å². The summed E-state index contributed by atoms with van der Waals surface area (Å²) in [5.41, 5.74) is -0.273. The molecule has 0 aromatic heterocycles. The smallest absolute Gasteiger partial charge is 0.253 e. The molecule has 1 aromatic carbocycles. The van der Waals surface area contributed by atoms with Crippen LogP contribution in [-0.2, 0) is 0 Å². The van der Waals surface area contributed by atoms with Crippen LogP contribution in [0.4, 0.5) is 14.5 Å². The average Bonchev–Trinajstić information content (AvgIpc) is 2.39. The van der Waals surface area contributed by atoms with Crippen molar-refractivity contribution < 1.29 is 18.7 Å². The molecule has 0 aliphatic rings.